The fourth-order valence-corrected chi connectivity index (χ4v) is 5.32. The van der Waals surface area contributed by atoms with Gasteiger partial charge in [-0.3, -0.25) is 29.6 Å². The molecule has 6 rings (SSSR count). The van der Waals surface area contributed by atoms with Gasteiger partial charge in [0.1, 0.15) is 17.9 Å². The molecule has 8 heteroatoms. The van der Waals surface area contributed by atoms with E-state index in [0.717, 1.165) is 42.5 Å². The zero-order valence-corrected chi connectivity index (χ0v) is 19.3. The Balaban J connectivity index is 1.09. The zero-order valence-electron chi connectivity index (χ0n) is 19.3. The summed E-state index contributed by atoms with van der Waals surface area (Å²) in [6, 6.07) is 15.4. The van der Waals surface area contributed by atoms with Crippen molar-refractivity contribution in [3.05, 3.63) is 71.4 Å². The van der Waals surface area contributed by atoms with Crippen LogP contribution < -0.4 is 10.1 Å². The number of ether oxygens (including phenoxy) is 1. The van der Waals surface area contributed by atoms with E-state index in [0.29, 0.717) is 24.3 Å². The molecule has 3 amide bonds. The summed E-state index contributed by atoms with van der Waals surface area (Å²) in [5, 5.41) is 3.48. The molecule has 4 heterocycles. The maximum atomic E-state index is 13.1. The van der Waals surface area contributed by atoms with Gasteiger partial charge in [-0.05, 0) is 54.3 Å². The Morgan fingerprint density at radius 3 is 2.86 bits per heavy atom. The number of hydrogen-bond donors (Lipinski definition) is 1. The first-order valence-corrected chi connectivity index (χ1v) is 12.0. The van der Waals surface area contributed by atoms with Crippen molar-refractivity contribution < 1.29 is 19.1 Å². The van der Waals surface area contributed by atoms with E-state index in [1.807, 2.05) is 24.4 Å². The lowest BCUT2D eigenvalue weighted by molar-refractivity contribution is -0.136. The van der Waals surface area contributed by atoms with Gasteiger partial charge in [-0.15, -0.1) is 0 Å². The van der Waals surface area contributed by atoms with Gasteiger partial charge in [0.15, 0.2) is 0 Å². The summed E-state index contributed by atoms with van der Waals surface area (Å²) in [5.41, 5.74) is 3.71. The highest BCUT2D eigenvalue weighted by Gasteiger charge is 2.39. The third kappa shape index (κ3) is 4.25. The van der Waals surface area contributed by atoms with Crippen LogP contribution in [0, 0.1) is 0 Å². The van der Waals surface area contributed by atoms with Crippen LogP contribution in [0.25, 0.3) is 10.9 Å². The van der Waals surface area contributed by atoms with E-state index >= 15 is 0 Å². The van der Waals surface area contributed by atoms with Crippen LogP contribution in [0.4, 0.5) is 0 Å². The summed E-state index contributed by atoms with van der Waals surface area (Å²) >= 11 is 0. The molecule has 0 bridgehead atoms. The van der Waals surface area contributed by atoms with Crippen LogP contribution in [-0.2, 0) is 22.7 Å². The van der Waals surface area contributed by atoms with Crippen LogP contribution in [0.3, 0.4) is 0 Å². The van der Waals surface area contributed by atoms with Crippen LogP contribution in [-0.4, -0.2) is 57.7 Å². The average Bonchev–Trinajstić information content (AvgIpc) is 3.43. The summed E-state index contributed by atoms with van der Waals surface area (Å²) in [6.07, 6.45) is 3.39. The first-order chi connectivity index (χ1) is 17.0. The van der Waals surface area contributed by atoms with E-state index in [1.165, 1.54) is 5.56 Å². The Morgan fingerprint density at radius 1 is 1.06 bits per heavy atom. The summed E-state index contributed by atoms with van der Waals surface area (Å²) in [7, 11) is 0. The van der Waals surface area contributed by atoms with E-state index in [9.17, 15) is 14.4 Å². The summed E-state index contributed by atoms with van der Waals surface area (Å²) in [6.45, 7) is 2.99. The van der Waals surface area contributed by atoms with Crippen LogP contribution in [0.2, 0.25) is 0 Å². The fourth-order valence-electron chi connectivity index (χ4n) is 5.32. The van der Waals surface area contributed by atoms with Gasteiger partial charge >= 0.3 is 0 Å². The Morgan fingerprint density at radius 2 is 1.97 bits per heavy atom. The molecule has 3 aliphatic rings. The highest BCUT2D eigenvalue weighted by Crippen LogP contribution is 2.31. The minimum atomic E-state index is -0.605. The molecule has 2 unspecified atom stereocenters. The summed E-state index contributed by atoms with van der Waals surface area (Å²) in [5.74, 6) is -0.188. The lowest BCUT2D eigenvalue weighted by Crippen LogP contribution is -2.52. The molecule has 2 fully saturated rings. The Kier molecular flexibility index (Phi) is 5.45. The minimum Gasteiger partial charge on any atom is -0.489 e. The second-order valence-electron chi connectivity index (χ2n) is 9.51. The van der Waals surface area contributed by atoms with Gasteiger partial charge in [-0.2, -0.15) is 0 Å². The third-order valence-electron chi connectivity index (χ3n) is 7.11. The van der Waals surface area contributed by atoms with Gasteiger partial charge < -0.3 is 9.64 Å². The van der Waals surface area contributed by atoms with Crippen molar-refractivity contribution in [3.63, 3.8) is 0 Å². The van der Waals surface area contributed by atoms with Crippen LogP contribution in [0.1, 0.15) is 40.7 Å². The Bertz CT molecular complexity index is 1340. The lowest BCUT2D eigenvalue weighted by Gasteiger charge is -2.29. The predicted octanol–water partition coefficient (Wildman–Crippen LogP) is 2.65. The number of fused-ring (bicyclic) bond motifs is 2. The topological polar surface area (TPSA) is 91.8 Å². The quantitative estimate of drug-likeness (QED) is 0.577. The number of benzene rings is 2. The summed E-state index contributed by atoms with van der Waals surface area (Å²) in [4.78, 5) is 45.1. The predicted molar refractivity (Wildman–Crippen MR) is 129 cm³/mol. The van der Waals surface area contributed by atoms with Crippen molar-refractivity contribution in [2.24, 2.45) is 0 Å². The maximum absolute atomic E-state index is 13.1. The number of carbonyl (C=O) groups excluding carboxylic acids is 3. The first kappa shape index (κ1) is 21.7. The van der Waals surface area contributed by atoms with Gasteiger partial charge in [0.2, 0.25) is 11.8 Å². The number of piperidine rings is 1. The molecular weight excluding hydrogens is 444 g/mol. The normalized spacial score (nSPS) is 22.5. The second kappa shape index (κ2) is 8.78. The van der Waals surface area contributed by atoms with E-state index in [2.05, 4.69) is 39.5 Å². The molecule has 3 aliphatic heterocycles. The van der Waals surface area contributed by atoms with Crippen molar-refractivity contribution in [2.75, 3.05) is 13.1 Å². The zero-order chi connectivity index (χ0) is 23.9. The van der Waals surface area contributed by atoms with Crippen molar-refractivity contribution >= 4 is 28.6 Å². The molecule has 8 nitrogen and oxygen atoms in total. The van der Waals surface area contributed by atoms with Gasteiger partial charge in [0.05, 0.1) is 5.52 Å². The van der Waals surface area contributed by atoms with E-state index in [4.69, 9.17) is 4.74 Å². The average molecular weight is 471 g/mol. The van der Waals surface area contributed by atoms with Crippen LogP contribution in [0.5, 0.6) is 5.75 Å². The standard InChI is InChI=1S/C27H26N4O4/c32-25-8-7-24(26(33)29-25)31-15-19-4-5-20(13-22(19)27(31)34)35-21-9-11-30(16-21)14-17-3-6-23-18(12-17)2-1-10-28-23/h1-6,10,12-13,21,24H,7-9,11,14-16H2,(H,29,32,33). The molecule has 1 N–H and O–H groups in total. The van der Waals surface area contributed by atoms with E-state index in [1.54, 1.807) is 11.0 Å². The largest absolute Gasteiger partial charge is 0.489 e. The molecule has 0 saturated carbocycles. The Hall–Kier alpha value is -3.78. The Labute approximate surface area is 202 Å². The lowest BCUT2D eigenvalue weighted by atomic mass is 10.0. The summed E-state index contributed by atoms with van der Waals surface area (Å²) < 4.78 is 6.26. The van der Waals surface area contributed by atoms with Crippen molar-refractivity contribution in [1.29, 1.82) is 0 Å². The fraction of sp³-hybridized carbons (Fsp3) is 0.333. The molecule has 178 valence electrons. The van der Waals surface area contributed by atoms with Gasteiger partial charge in [0, 0.05) is 49.7 Å². The van der Waals surface area contributed by atoms with Crippen molar-refractivity contribution in [1.82, 2.24) is 20.1 Å². The molecule has 0 radical (unpaired) electrons. The van der Waals surface area contributed by atoms with E-state index in [-0.39, 0.29) is 24.3 Å². The maximum Gasteiger partial charge on any atom is 0.255 e. The van der Waals surface area contributed by atoms with Crippen molar-refractivity contribution in [3.8, 4) is 5.75 Å². The third-order valence-corrected chi connectivity index (χ3v) is 7.11. The monoisotopic (exact) mass is 470 g/mol. The molecular formula is C27H26N4O4. The molecule has 1 aromatic heterocycles. The second-order valence-corrected chi connectivity index (χ2v) is 9.51. The number of nitrogens with one attached hydrogen (secondary N) is 1. The number of pyridine rings is 1. The molecule has 35 heavy (non-hydrogen) atoms. The number of likely N-dealkylation sites (tertiary alicyclic amines) is 1. The van der Waals surface area contributed by atoms with Crippen LogP contribution in [0.15, 0.2) is 54.7 Å². The van der Waals surface area contributed by atoms with Gasteiger partial charge in [-0.1, -0.05) is 18.2 Å². The van der Waals surface area contributed by atoms with Gasteiger partial charge in [0.25, 0.3) is 5.91 Å². The van der Waals surface area contributed by atoms with Crippen molar-refractivity contribution in [2.45, 2.75) is 44.5 Å². The number of nitrogens with zero attached hydrogens (tertiary/aromatic N) is 3. The number of imide groups is 1. The SMILES string of the molecule is O=C1CCC(N2Cc3ccc(OC4CCN(Cc5ccc6ncccc6c5)C4)cc3C2=O)C(=O)N1. The molecule has 3 aromatic rings. The smallest absolute Gasteiger partial charge is 0.255 e. The van der Waals surface area contributed by atoms with Gasteiger partial charge in [-0.25, -0.2) is 0 Å². The van der Waals surface area contributed by atoms with E-state index < -0.39 is 11.9 Å². The number of aromatic nitrogens is 1. The highest BCUT2D eigenvalue weighted by atomic mass is 16.5. The highest BCUT2D eigenvalue weighted by molar-refractivity contribution is 6.05. The molecule has 0 spiro atoms. The molecule has 2 atom stereocenters. The molecule has 0 aliphatic carbocycles. The number of hydrogen-bond acceptors (Lipinski definition) is 6. The number of amides is 3. The number of carbonyl (C=O) groups is 3. The molecule has 2 saturated heterocycles. The molecule has 2 aromatic carbocycles. The van der Waals surface area contributed by atoms with Crippen LogP contribution >= 0.6 is 0 Å². The minimum absolute atomic E-state index is 0.0536. The number of rotatable bonds is 5. The first-order valence-electron chi connectivity index (χ1n) is 12.0.